The van der Waals surface area contributed by atoms with Gasteiger partial charge in [0.25, 0.3) is 0 Å². The lowest BCUT2D eigenvalue weighted by Gasteiger charge is -2.37. The van der Waals surface area contributed by atoms with Crippen molar-refractivity contribution in [3.63, 3.8) is 0 Å². The van der Waals surface area contributed by atoms with Crippen LogP contribution in [0.3, 0.4) is 0 Å². The van der Waals surface area contributed by atoms with Gasteiger partial charge in [0.05, 0.1) is 18.4 Å². The standard InChI is InChI=1S/C33H52B2O2/c1-36-32-25-15-14-24-31(32)33(26-34(27-16-6-2-7-17-27)28-18-8-3-9-19-28)37-35(29-20-10-4-11-21-29)30-22-12-5-13-23-30/h14-15,24-30H,2-13,16-23H2,1H3/b33-26-. The third-order valence-corrected chi connectivity index (χ3v) is 10.6. The summed E-state index contributed by atoms with van der Waals surface area (Å²) in [4.78, 5) is 0. The molecule has 5 rings (SSSR count). The molecule has 1 aromatic carbocycles. The summed E-state index contributed by atoms with van der Waals surface area (Å²) < 4.78 is 13.4. The molecule has 4 saturated carbocycles. The molecule has 4 aliphatic carbocycles. The van der Waals surface area contributed by atoms with Crippen molar-refractivity contribution in [3.8, 4) is 5.75 Å². The van der Waals surface area contributed by atoms with Gasteiger partial charge in [-0.25, -0.2) is 0 Å². The largest absolute Gasteiger partial charge is 0.560 e. The highest BCUT2D eigenvalue weighted by atomic mass is 16.5. The van der Waals surface area contributed by atoms with Gasteiger partial charge in [0.1, 0.15) is 5.75 Å². The maximum Gasteiger partial charge on any atom is 0.363 e. The average molecular weight is 502 g/mol. The van der Waals surface area contributed by atoms with Crippen molar-refractivity contribution < 1.29 is 9.39 Å². The second-order valence-electron chi connectivity index (χ2n) is 13.0. The normalized spacial score (nSPS) is 23.5. The lowest BCUT2D eigenvalue weighted by atomic mass is 9.30. The Morgan fingerprint density at radius 1 is 0.622 bits per heavy atom. The Balaban J connectivity index is 1.52. The Kier molecular flexibility index (Phi) is 10.5. The van der Waals surface area contributed by atoms with E-state index in [4.69, 9.17) is 9.39 Å². The molecule has 1 aromatic rings. The van der Waals surface area contributed by atoms with Crippen molar-refractivity contribution >= 4 is 19.4 Å². The van der Waals surface area contributed by atoms with E-state index in [-0.39, 0.29) is 0 Å². The van der Waals surface area contributed by atoms with Crippen molar-refractivity contribution in [2.75, 3.05) is 7.11 Å². The summed E-state index contributed by atoms with van der Waals surface area (Å²) in [5.74, 6) is 7.91. The molecule has 202 valence electrons. The van der Waals surface area contributed by atoms with Gasteiger partial charge in [-0.1, -0.05) is 158 Å². The minimum absolute atomic E-state index is 0.370. The quantitative estimate of drug-likeness (QED) is 0.247. The van der Waals surface area contributed by atoms with E-state index < -0.39 is 0 Å². The molecule has 4 heteroatoms. The van der Waals surface area contributed by atoms with Crippen LogP contribution in [0.2, 0.25) is 23.3 Å². The van der Waals surface area contributed by atoms with Gasteiger partial charge in [-0.05, 0) is 23.8 Å². The summed E-state index contributed by atoms with van der Waals surface area (Å²) in [5, 5.41) is 0. The molecule has 0 saturated heterocycles. The Bertz CT molecular complexity index is 794. The maximum atomic E-state index is 7.45. The van der Waals surface area contributed by atoms with E-state index in [2.05, 4.69) is 30.2 Å². The summed E-state index contributed by atoms with van der Waals surface area (Å²) in [5.41, 5.74) is 1.19. The van der Waals surface area contributed by atoms with Gasteiger partial charge in [-0.3, -0.25) is 0 Å². The van der Waals surface area contributed by atoms with Crippen LogP contribution in [-0.2, 0) is 4.65 Å². The molecular weight excluding hydrogens is 450 g/mol. The molecular formula is C33H52B2O2. The van der Waals surface area contributed by atoms with Gasteiger partial charge in [0, 0.05) is 0 Å². The van der Waals surface area contributed by atoms with Crippen molar-refractivity contribution in [2.45, 2.75) is 152 Å². The summed E-state index contributed by atoms with van der Waals surface area (Å²) in [6.07, 6.45) is 27.9. The van der Waals surface area contributed by atoms with Crippen LogP contribution in [0.1, 0.15) is 134 Å². The molecule has 0 aliphatic heterocycles. The second-order valence-corrected chi connectivity index (χ2v) is 13.0. The lowest BCUT2D eigenvalue weighted by Crippen LogP contribution is -2.34. The molecule has 0 unspecified atom stereocenters. The van der Waals surface area contributed by atoms with Crippen LogP contribution in [0, 0.1) is 0 Å². The number of benzene rings is 1. The summed E-state index contributed by atoms with van der Waals surface area (Å²) in [7, 11) is 1.83. The Morgan fingerprint density at radius 2 is 1.05 bits per heavy atom. The van der Waals surface area contributed by atoms with Crippen LogP contribution in [0.15, 0.2) is 30.2 Å². The highest BCUT2D eigenvalue weighted by molar-refractivity contribution is 6.68. The van der Waals surface area contributed by atoms with E-state index in [0.717, 1.165) is 29.0 Å². The van der Waals surface area contributed by atoms with Gasteiger partial charge < -0.3 is 9.39 Å². The number of methoxy groups -OCH3 is 1. The van der Waals surface area contributed by atoms with Crippen LogP contribution in [0.25, 0.3) is 5.76 Å². The minimum atomic E-state index is 0.370. The number of hydrogen-bond donors (Lipinski definition) is 0. The zero-order chi connectivity index (χ0) is 25.3. The zero-order valence-corrected chi connectivity index (χ0v) is 23.8. The van der Waals surface area contributed by atoms with Gasteiger partial charge in [0.2, 0.25) is 0 Å². The number of rotatable bonds is 9. The van der Waals surface area contributed by atoms with Crippen molar-refractivity contribution in [2.24, 2.45) is 0 Å². The van der Waals surface area contributed by atoms with Gasteiger partial charge in [-0.15, -0.1) is 0 Å². The van der Waals surface area contributed by atoms with Gasteiger partial charge >= 0.3 is 6.92 Å². The number of hydrogen-bond acceptors (Lipinski definition) is 2. The average Bonchev–Trinajstić information content (AvgIpc) is 2.99. The van der Waals surface area contributed by atoms with Crippen LogP contribution in [-0.4, -0.2) is 20.7 Å². The molecule has 0 heterocycles. The van der Waals surface area contributed by atoms with E-state index >= 15 is 0 Å². The number of para-hydroxylation sites is 1. The molecule has 2 nitrogen and oxygen atoms in total. The zero-order valence-electron chi connectivity index (χ0n) is 23.8. The van der Waals surface area contributed by atoms with E-state index in [1.54, 1.807) is 0 Å². The first kappa shape index (κ1) is 27.3. The summed E-state index contributed by atoms with van der Waals surface area (Å²) in [6, 6.07) is 8.70. The number of ether oxygens (including phenoxy) is 1. The predicted octanol–water partition coefficient (Wildman–Crippen LogP) is 10.4. The molecule has 0 aromatic heterocycles. The van der Waals surface area contributed by atoms with Crippen LogP contribution < -0.4 is 4.74 Å². The van der Waals surface area contributed by atoms with Crippen LogP contribution in [0.4, 0.5) is 0 Å². The molecule has 4 aliphatic rings. The van der Waals surface area contributed by atoms with Crippen molar-refractivity contribution in [3.05, 3.63) is 35.8 Å². The second kappa shape index (κ2) is 14.2. The molecule has 0 spiro atoms. The van der Waals surface area contributed by atoms with Crippen molar-refractivity contribution in [1.82, 2.24) is 0 Å². The monoisotopic (exact) mass is 502 g/mol. The Morgan fingerprint density at radius 3 is 1.51 bits per heavy atom. The first-order chi connectivity index (χ1) is 18.3. The van der Waals surface area contributed by atoms with Gasteiger partial charge in [-0.2, -0.15) is 0 Å². The van der Waals surface area contributed by atoms with Crippen LogP contribution >= 0.6 is 0 Å². The molecule has 4 fully saturated rings. The molecule has 0 atom stereocenters. The topological polar surface area (TPSA) is 18.5 Å². The Hall–Kier alpha value is -1.31. The minimum Gasteiger partial charge on any atom is -0.560 e. The maximum absolute atomic E-state index is 7.45. The first-order valence-electron chi connectivity index (χ1n) is 16.4. The van der Waals surface area contributed by atoms with E-state index in [1.807, 2.05) is 7.11 Å². The molecule has 0 radical (unpaired) electrons. The third kappa shape index (κ3) is 7.21. The lowest BCUT2D eigenvalue weighted by molar-refractivity contribution is 0.386. The molecule has 0 bridgehead atoms. The molecule has 0 amide bonds. The summed E-state index contributed by atoms with van der Waals surface area (Å²) >= 11 is 0. The highest BCUT2D eigenvalue weighted by Crippen LogP contribution is 2.46. The highest BCUT2D eigenvalue weighted by Gasteiger charge is 2.40. The SMILES string of the molecule is COc1ccccc1/C(=C/B(C1CCCCC1)C1CCCCC1)OB(C1CCCCC1)C1CCCCC1. The van der Waals surface area contributed by atoms with Crippen LogP contribution in [0.5, 0.6) is 5.75 Å². The molecule has 37 heavy (non-hydrogen) atoms. The fourth-order valence-electron chi connectivity index (χ4n) is 8.56. The first-order valence-corrected chi connectivity index (χ1v) is 16.4. The summed E-state index contributed by atoms with van der Waals surface area (Å²) in [6.45, 7) is 1.02. The van der Waals surface area contributed by atoms with Gasteiger partial charge in [0.15, 0.2) is 6.71 Å². The Labute approximate surface area is 228 Å². The third-order valence-electron chi connectivity index (χ3n) is 10.6. The van der Waals surface area contributed by atoms with E-state index in [9.17, 15) is 0 Å². The molecule has 0 N–H and O–H groups in total. The van der Waals surface area contributed by atoms with E-state index in [1.165, 1.54) is 140 Å². The van der Waals surface area contributed by atoms with E-state index in [0.29, 0.717) is 13.6 Å². The predicted molar refractivity (Wildman–Crippen MR) is 161 cm³/mol. The smallest absolute Gasteiger partial charge is 0.363 e. The van der Waals surface area contributed by atoms with Crippen molar-refractivity contribution in [1.29, 1.82) is 0 Å². The fourth-order valence-corrected chi connectivity index (χ4v) is 8.56. The fraction of sp³-hybridized carbons (Fsp3) is 0.758.